The minimum absolute atomic E-state index is 0.185. The second-order valence-electron chi connectivity index (χ2n) is 3.52. The molecule has 0 aliphatic rings. The number of esters is 1. The Labute approximate surface area is 114 Å². The number of hydrogen-bond acceptors (Lipinski definition) is 3. The van der Waals surface area contributed by atoms with Crippen molar-refractivity contribution in [3.05, 3.63) is 52.3 Å². The van der Waals surface area contributed by atoms with Crippen molar-refractivity contribution in [3.63, 3.8) is 0 Å². The topological polar surface area (TPSA) is 39.2 Å². The van der Waals surface area contributed by atoms with Crippen molar-refractivity contribution in [3.8, 4) is 11.1 Å². The maximum Gasteiger partial charge on any atom is 0.339 e. The molecule has 0 saturated carbocycles. The Morgan fingerprint density at radius 3 is 2.61 bits per heavy atom. The molecule has 92 valence electrons. The predicted octanol–water partition coefficient (Wildman–Crippen LogP) is 3.84. The minimum Gasteiger partial charge on any atom is -0.465 e. The van der Waals surface area contributed by atoms with E-state index in [1.165, 1.54) is 7.11 Å². The molecule has 0 unspecified atom stereocenters. The number of methoxy groups -OCH3 is 1. The number of hydrogen-bond donors (Lipinski definition) is 0. The van der Waals surface area contributed by atoms with Crippen LogP contribution in [0.15, 0.2) is 36.7 Å². The van der Waals surface area contributed by atoms with Gasteiger partial charge in [-0.2, -0.15) is 0 Å². The van der Waals surface area contributed by atoms with Gasteiger partial charge in [-0.15, -0.1) is 0 Å². The highest BCUT2D eigenvalue weighted by molar-refractivity contribution is 6.45. The number of benzene rings is 1. The van der Waals surface area contributed by atoms with Crippen LogP contribution in [0.5, 0.6) is 0 Å². The summed E-state index contributed by atoms with van der Waals surface area (Å²) in [7, 11) is 1.29. The van der Waals surface area contributed by atoms with Gasteiger partial charge in [0.2, 0.25) is 0 Å². The Hall–Kier alpha value is -1.58. The third kappa shape index (κ3) is 2.33. The molecule has 0 saturated heterocycles. The summed E-state index contributed by atoms with van der Waals surface area (Å²) < 4.78 is 4.62. The first-order chi connectivity index (χ1) is 8.65. The first kappa shape index (κ1) is 12.9. The van der Waals surface area contributed by atoms with E-state index in [-0.39, 0.29) is 10.6 Å². The van der Waals surface area contributed by atoms with Gasteiger partial charge in [-0.3, -0.25) is 4.98 Å². The molecule has 1 aromatic heterocycles. The molecule has 1 aromatic carbocycles. The van der Waals surface area contributed by atoms with Crippen molar-refractivity contribution >= 4 is 29.2 Å². The molecule has 5 heteroatoms. The van der Waals surface area contributed by atoms with Crippen LogP contribution >= 0.6 is 23.2 Å². The molecule has 0 bridgehead atoms. The van der Waals surface area contributed by atoms with E-state index in [0.29, 0.717) is 5.02 Å². The third-order valence-electron chi connectivity index (χ3n) is 2.46. The molecule has 3 nitrogen and oxygen atoms in total. The lowest BCUT2D eigenvalue weighted by molar-refractivity contribution is 0.0601. The molecular formula is C13H9Cl2NO2. The molecule has 0 N–H and O–H groups in total. The molecule has 18 heavy (non-hydrogen) atoms. The van der Waals surface area contributed by atoms with Gasteiger partial charge in [-0.25, -0.2) is 4.79 Å². The van der Waals surface area contributed by atoms with E-state index < -0.39 is 5.97 Å². The molecule has 1 heterocycles. The first-order valence-electron chi connectivity index (χ1n) is 5.12. The average molecular weight is 282 g/mol. The van der Waals surface area contributed by atoms with Gasteiger partial charge in [0.25, 0.3) is 0 Å². The zero-order valence-corrected chi connectivity index (χ0v) is 11.0. The number of halogens is 2. The highest BCUT2D eigenvalue weighted by atomic mass is 35.5. The van der Waals surface area contributed by atoms with Gasteiger partial charge in [-0.1, -0.05) is 35.3 Å². The summed E-state index contributed by atoms with van der Waals surface area (Å²) in [4.78, 5) is 15.5. The number of rotatable bonds is 2. The van der Waals surface area contributed by atoms with E-state index in [0.717, 1.165) is 11.1 Å². The van der Waals surface area contributed by atoms with Crippen LogP contribution in [0, 0.1) is 0 Å². The SMILES string of the molecule is COC(=O)c1ccc(-c2cccnc2)c(Cl)c1Cl. The van der Waals surface area contributed by atoms with Crippen molar-refractivity contribution in [1.29, 1.82) is 0 Å². The lowest BCUT2D eigenvalue weighted by Gasteiger charge is -2.09. The fourth-order valence-electron chi connectivity index (χ4n) is 1.56. The van der Waals surface area contributed by atoms with E-state index in [4.69, 9.17) is 23.2 Å². The first-order valence-corrected chi connectivity index (χ1v) is 5.87. The molecule has 0 aliphatic carbocycles. The Morgan fingerprint density at radius 2 is 2.00 bits per heavy atom. The zero-order chi connectivity index (χ0) is 13.1. The standard InChI is InChI=1S/C13H9Cl2NO2/c1-18-13(17)10-5-4-9(11(14)12(10)15)8-3-2-6-16-7-8/h2-7H,1H3. The molecule has 0 aliphatic heterocycles. The molecule has 0 amide bonds. The second-order valence-corrected chi connectivity index (χ2v) is 4.28. The molecule has 0 atom stereocenters. The zero-order valence-electron chi connectivity index (χ0n) is 9.48. The van der Waals surface area contributed by atoms with Gasteiger partial charge in [-0.05, 0) is 12.1 Å². The van der Waals surface area contributed by atoms with E-state index in [1.807, 2.05) is 6.07 Å². The summed E-state index contributed by atoms with van der Waals surface area (Å²) in [5, 5.41) is 0.498. The fourth-order valence-corrected chi connectivity index (χ4v) is 2.08. The Balaban J connectivity index is 2.54. The van der Waals surface area contributed by atoms with Crippen LogP contribution in [0.2, 0.25) is 10.0 Å². The quantitative estimate of drug-likeness (QED) is 0.785. The average Bonchev–Trinajstić information content (AvgIpc) is 2.42. The van der Waals surface area contributed by atoms with Crippen LogP contribution in [0.25, 0.3) is 11.1 Å². The van der Waals surface area contributed by atoms with Gasteiger partial charge in [0.05, 0.1) is 22.7 Å². The lowest BCUT2D eigenvalue weighted by Crippen LogP contribution is -2.02. The van der Waals surface area contributed by atoms with Crippen LogP contribution < -0.4 is 0 Å². The van der Waals surface area contributed by atoms with Crippen LogP contribution in [0.1, 0.15) is 10.4 Å². The van der Waals surface area contributed by atoms with E-state index in [9.17, 15) is 4.79 Å². The second kappa shape index (κ2) is 5.38. The van der Waals surface area contributed by atoms with E-state index in [1.54, 1.807) is 30.6 Å². The number of carbonyl (C=O) groups excluding carboxylic acids is 1. The van der Waals surface area contributed by atoms with Crippen molar-refractivity contribution in [2.24, 2.45) is 0 Å². The van der Waals surface area contributed by atoms with Gasteiger partial charge in [0.15, 0.2) is 0 Å². The van der Waals surface area contributed by atoms with Gasteiger partial charge in [0.1, 0.15) is 0 Å². The maximum absolute atomic E-state index is 11.5. The van der Waals surface area contributed by atoms with Crippen molar-refractivity contribution in [1.82, 2.24) is 4.98 Å². The van der Waals surface area contributed by atoms with Crippen LogP contribution in [0.4, 0.5) is 0 Å². The highest BCUT2D eigenvalue weighted by Gasteiger charge is 2.16. The van der Waals surface area contributed by atoms with Gasteiger partial charge >= 0.3 is 5.97 Å². The number of nitrogens with zero attached hydrogens (tertiary/aromatic N) is 1. The van der Waals surface area contributed by atoms with Crippen molar-refractivity contribution in [2.75, 3.05) is 7.11 Å². The van der Waals surface area contributed by atoms with Gasteiger partial charge < -0.3 is 4.74 Å². The summed E-state index contributed by atoms with van der Waals surface area (Å²) in [6.45, 7) is 0. The normalized spacial score (nSPS) is 10.2. The van der Waals surface area contributed by atoms with Crippen LogP contribution in [-0.4, -0.2) is 18.1 Å². The number of pyridine rings is 1. The van der Waals surface area contributed by atoms with E-state index >= 15 is 0 Å². The van der Waals surface area contributed by atoms with Crippen LogP contribution in [0.3, 0.4) is 0 Å². The smallest absolute Gasteiger partial charge is 0.339 e. The Morgan fingerprint density at radius 1 is 1.22 bits per heavy atom. The summed E-state index contributed by atoms with van der Waals surface area (Å²) in [5.41, 5.74) is 1.81. The third-order valence-corrected chi connectivity index (χ3v) is 3.34. The molecular weight excluding hydrogens is 273 g/mol. The van der Waals surface area contributed by atoms with Crippen LogP contribution in [-0.2, 0) is 4.74 Å². The molecule has 2 aromatic rings. The van der Waals surface area contributed by atoms with Crippen molar-refractivity contribution in [2.45, 2.75) is 0 Å². The fraction of sp³-hybridized carbons (Fsp3) is 0.0769. The highest BCUT2D eigenvalue weighted by Crippen LogP contribution is 2.35. The molecule has 2 rings (SSSR count). The summed E-state index contributed by atoms with van der Waals surface area (Å²) >= 11 is 12.2. The van der Waals surface area contributed by atoms with Gasteiger partial charge in [0, 0.05) is 23.5 Å². The number of ether oxygens (including phenoxy) is 1. The summed E-state index contributed by atoms with van der Waals surface area (Å²) in [6.07, 6.45) is 3.34. The summed E-state index contributed by atoms with van der Waals surface area (Å²) in [6, 6.07) is 6.97. The molecule has 0 spiro atoms. The maximum atomic E-state index is 11.5. The minimum atomic E-state index is -0.514. The molecule has 0 fully saturated rings. The van der Waals surface area contributed by atoms with Crippen molar-refractivity contribution < 1.29 is 9.53 Å². The Kier molecular flexibility index (Phi) is 3.84. The number of aromatic nitrogens is 1. The molecule has 0 radical (unpaired) electrons. The summed E-state index contributed by atoms with van der Waals surface area (Å²) in [5.74, 6) is -0.514. The number of carbonyl (C=O) groups is 1. The largest absolute Gasteiger partial charge is 0.465 e. The monoisotopic (exact) mass is 281 g/mol. The predicted molar refractivity (Wildman–Crippen MR) is 71.0 cm³/mol. The van der Waals surface area contributed by atoms with E-state index in [2.05, 4.69) is 9.72 Å². The Bertz CT molecular complexity index is 585. The lowest BCUT2D eigenvalue weighted by atomic mass is 10.1.